The van der Waals surface area contributed by atoms with Gasteiger partial charge in [0, 0.05) is 16.3 Å². The van der Waals surface area contributed by atoms with Gasteiger partial charge < -0.3 is 5.32 Å². The number of aryl methyl sites for hydroxylation is 1. The number of aromatic nitrogens is 2. The van der Waals surface area contributed by atoms with Crippen LogP contribution in [0.4, 0.5) is 10.1 Å². The number of hydrogen-bond acceptors (Lipinski definition) is 4. The van der Waals surface area contributed by atoms with Crippen molar-refractivity contribution < 1.29 is 9.18 Å². The molecule has 6 heteroatoms. The molecule has 0 bridgehead atoms. The van der Waals surface area contributed by atoms with Crippen molar-refractivity contribution in [2.45, 2.75) is 6.92 Å². The molecule has 4 aromatic rings. The first-order valence-corrected chi connectivity index (χ1v) is 8.92. The van der Waals surface area contributed by atoms with Gasteiger partial charge in [0.05, 0.1) is 22.4 Å². The normalized spacial score (nSPS) is 10.8. The molecule has 0 fully saturated rings. The first kappa shape index (κ1) is 16.4. The SMILES string of the molecule is Cc1ccc(-c2ccc3cccc(NC(=O)c4cscn4)c3n2)cc1F. The average molecular weight is 363 g/mol. The second-order valence-corrected chi connectivity index (χ2v) is 6.58. The van der Waals surface area contributed by atoms with Gasteiger partial charge in [-0.1, -0.05) is 30.3 Å². The van der Waals surface area contributed by atoms with E-state index in [2.05, 4.69) is 15.3 Å². The van der Waals surface area contributed by atoms with Gasteiger partial charge >= 0.3 is 0 Å². The van der Waals surface area contributed by atoms with E-state index in [4.69, 9.17) is 0 Å². The lowest BCUT2D eigenvalue weighted by atomic mass is 10.1. The molecule has 2 aromatic heterocycles. The molecule has 2 heterocycles. The number of pyridine rings is 1. The number of amides is 1. The number of carbonyl (C=O) groups is 1. The van der Waals surface area contributed by atoms with E-state index < -0.39 is 0 Å². The third-order valence-electron chi connectivity index (χ3n) is 4.10. The van der Waals surface area contributed by atoms with Crippen LogP contribution in [0.5, 0.6) is 0 Å². The van der Waals surface area contributed by atoms with E-state index in [1.165, 1.54) is 17.4 Å². The van der Waals surface area contributed by atoms with Gasteiger partial charge in [0.2, 0.25) is 0 Å². The van der Waals surface area contributed by atoms with E-state index in [1.807, 2.05) is 30.3 Å². The Kier molecular flexibility index (Phi) is 4.18. The van der Waals surface area contributed by atoms with E-state index >= 15 is 0 Å². The number of halogens is 1. The molecule has 0 saturated carbocycles. The molecule has 0 unspecified atom stereocenters. The number of fused-ring (bicyclic) bond motifs is 1. The van der Waals surface area contributed by atoms with Crippen LogP contribution in [-0.2, 0) is 0 Å². The van der Waals surface area contributed by atoms with Crippen LogP contribution in [-0.4, -0.2) is 15.9 Å². The molecule has 4 nitrogen and oxygen atoms in total. The second-order valence-electron chi connectivity index (χ2n) is 5.87. The third-order valence-corrected chi connectivity index (χ3v) is 4.69. The maximum Gasteiger partial charge on any atom is 0.275 e. The summed E-state index contributed by atoms with van der Waals surface area (Å²) in [6, 6.07) is 14.4. The highest BCUT2D eigenvalue weighted by atomic mass is 32.1. The van der Waals surface area contributed by atoms with Crippen molar-refractivity contribution in [3.8, 4) is 11.3 Å². The standard InChI is InChI=1S/C20H14FN3OS/c1-12-5-6-14(9-15(12)21)16-8-7-13-3-2-4-17(19(13)23-16)24-20(25)18-10-26-11-22-18/h2-11H,1H3,(H,24,25). The first-order valence-electron chi connectivity index (χ1n) is 7.97. The molecule has 1 amide bonds. The van der Waals surface area contributed by atoms with Crippen molar-refractivity contribution in [1.82, 2.24) is 9.97 Å². The smallest absolute Gasteiger partial charge is 0.275 e. The zero-order chi connectivity index (χ0) is 18.1. The summed E-state index contributed by atoms with van der Waals surface area (Å²) in [6.45, 7) is 1.72. The number of carbonyl (C=O) groups excluding carboxylic acids is 1. The number of benzene rings is 2. The van der Waals surface area contributed by atoms with Gasteiger partial charge in [0.1, 0.15) is 11.5 Å². The molecule has 0 radical (unpaired) electrons. The van der Waals surface area contributed by atoms with Crippen LogP contribution in [0.2, 0.25) is 0 Å². The molecule has 0 saturated heterocycles. The van der Waals surface area contributed by atoms with Gasteiger partial charge in [0.25, 0.3) is 5.91 Å². The van der Waals surface area contributed by atoms with Crippen molar-refractivity contribution in [3.63, 3.8) is 0 Å². The van der Waals surface area contributed by atoms with Crippen molar-refractivity contribution in [2.75, 3.05) is 5.32 Å². The van der Waals surface area contributed by atoms with Gasteiger partial charge in [-0.3, -0.25) is 4.79 Å². The topological polar surface area (TPSA) is 54.9 Å². The fourth-order valence-electron chi connectivity index (χ4n) is 2.67. The van der Waals surface area contributed by atoms with E-state index in [0.29, 0.717) is 33.7 Å². The van der Waals surface area contributed by atoms with Gasteiger partial charge in [0.15, 0.2) is 0 Å². The summed E-state index contributed by atoms with van der Waals surface area (Å²) in [5.41, 5.74) is 5.14. The zero-order valence-electron chi connectivity index (χ0n) is 13.9. The van der Waals surface area contributed by atoms with Crippen molar-refractivity contribution in [2.24, 2.45) is 0 Å². The van der Waals surface area contributed by atoms with Gasteiger partial charge in [-0.2, -0.15) is 0 Å². The third kappa shape index (κ3) is 3.07. The Labute approximate surface area is 153 Å². The van der Waals surface area contributed by atoms with Crippen LogP contribution >= 0.6 is 11.3 Å². The Bertz CT molecular complexity index is 1110. The van der Waals surface area contributed by atoms with Crippen molar-refractivity contribution in [1.29, 1.82) is 0 Å². The molecular weight excluding hydrogens is 349 g/mol. The Morgan fingerprint density at radius 1 is 1.15 bits per heavy atom. The molecule has 1 N–H and O–H groups in total. The lowest BCUT2D eigenvalue weighted by Gasteiger charge is -2.09. The number of hydrogen-bond donors (Lipinski definition) is 1. The van der Waals surface area contributed by atoms with Crippen LogP contribution in [0.25, 0.3) is 22.2 Å². The highest BCUT2D eigenvalue weighted by Crippen LogP contribution is 2.27. The maximum absolute atomic E-state index is 13.9. The Hall–Kier alpha value is -3.12. The molecule has 0 aliphatic rings. The molecule has 0 aliphatic carbocycles. The van der Waals surface area contributed by atoms with E-state index in [-0.39, 0.29) is 11.7 Å². The molecule has 0 spiro atoms. The summed E-state index contributed by atoms with van der Waals surface area (Å²) in [4.78, 5) is 21.0. The lowest BCUT2D eigenvalue weighted by molar-refractivity contribution is 0.102. The van der Waals surface area contributed by atoms with Gasteiger partial charge in [-0.15, -0.1) is 11.3 Å². The molecule has 128 valence electrons. The monoisotopic (exact) mass is 363 g/mol. The Morgan fingerprint density at radius 3 is 2.81 bits per heavy atom. The maximum atomic E-state index is 13.9. The summed E-state index contributed by atoms with van der Waals surface area (Å²) in [6.07, 6.45) is 0. The minimum Gasteiger partial charge on any atom is -0.319 e. The molecule has 4 rings (SSSR count). The van der Waals surface area contributed by atoms with Crippen molar-refractivity contribution >= 4 is 33.8 Å². The molecule has 0 atom stereocenters. The molecular formula is C20H14FN3OS. The molecule has 2 aromatic carbocycles. The Balaban J connectivity index is 1.77. The fraction of sp³-hybridized carbons (Fsp3) is 0.0500. The highest BCUT2D eigenvalue weighted by molar-refractivity contribution is 7.07. The van der Waals surface area contributed by atoms with Crippen LogP contribution in [0.3, 0.4) is 0 Å². The van der Waals surface area contributed by atoms with E-state index in [1.54, 1.807) is 29.9 Å². The van der Waals surface area contributed by atoms with Crippen LogP contribution < -0.4 is 5.32 Å². The van der Waals surface area contributed by atoms with Crippen LogP contribution in [0.1, 0.15) is 16.1 Å². The number of para-hydroxylation sites is 1. The summed E-state index contributed by atoms with van der Waals surface area (Å²) in [5.74, 6) is -0.554. The minimum absolute atomic E-state index is 0.269. The number of anilines is 1. The first-order chi connectivity index (χ1) is 12.6. The Morgan fingerprint density at radius 2 is 2.04 bits per heavy atom. The van der Waals surface area contributed by atoms with Crippen molar-refractivity contribution in [3.05, 3.63) is 76.5 Å². The predicted molar refractivity (Wildman–Crippen MR) is 102 cm³/mol. The number of nitrogens with one attached hydrogen (secondary N) is 1. The average Bonchev–Trinajstić information content (AvgIpc) is 3.19. The quantitative estimate of drug-likeness (QED) is 0.554. The van der Waals surface area contributed by atoms with Crippen LogP contribution in [0.15, 0.2) is 59.4 Å². The van der Waals surface area contributed by atoms with E-state index in [0.717, 1.165) is 5.39 Å². The molecule has 26 heavy (non-hydrogen) atoms. The largest absolute Gasteiger partial charge is 0.319 e. The highest BCUT2D eigenvalue weighted by Gasteiger charge is 2.12. The number of thiazole rings is 1. The number of nitrogens with zero attached hydrogens (tertiary/aromatic N) is 2. The number of rotatable bonds is 3. The minimum atomic E-state index is -0.285. The fourth-order valence-corrected chi connectivity index (χ4v) is 3.20. The summed E-state index contributed by atoms with van der Waals surface area (Å²) < 4.78 is 13.9. The van der Waals surface area contributed by atoms with Crippen LogP contribution in [0, 0.1) is 12.7 Å². The summed E-state index contributed by atoms with van der Waals surface area (Å²) >= 11 is 1.36. The lowest BCUT2D eigenvalue weighted by Crippen LogP contribution is -2.12. The van der Waals surface area contributed by atoms with E-state index in [9.17, 15) is 9.18 Å². The predicted octanol–water partition coefficient (Wildman–Crippen LogP) is 5.06. The zero-order valence-corrected chi connectivity index (χ0v) is 14.7. The van der Waals surface area contributed by atoms with Gasteiger partial charge in [-0.05, 0) is 30.7 Å². The molecule has 0 aliphatic heterocycles. The van der Waals surface area contributed by atoms with Gasteiger partial charge in [-0.25, -0.2) is 14.4 Å². The summed E-state index contributed by atoms with van der Waals surface area (Å²) in [7, 11) is 0. The summed E-state index contributed by atoms with van der Waals surface area (Å²) in [5, 5.41) is 5.43. The second kappa shape index (κ2) is 6.65.